The average Bonchev–Trinajstić information content (AvgIpc) is 3.09. The van der Waals surface area contributed by atoms with Crippen molar-refractivity contribution in [2.75, 3.05) is 6.54 Å². The number of hydrogen-bond acceptors (Lipinski definition) is 1. The van der Waals surface area contributed by atoms with Gasteiger partial charge in [0.15, 0.2) is 0 Å². The highest BCUT2D eigenvalue weighted by molar-refractivity contribution is 9.10. The highest BCUT2D eigenvalue weighted by Gasteiger charge is 2.27. The molecule has 0 bridgehead atoms. The molecule has 0 amide bonds. The van der Waals surface area contributed by atoms with Gasteiger partial charge in [0.1, 0.15) is 0 Å². The Bertz CT molecular complexity index is 390. The number of hydrogen-bond donors (Lipinski definition) is 1. The fourth-order valence-corrected chi connectivity index (χ4v) is 2.99. The summed E-state index contributed by atoms with van der Waals surface area (Å²) in [5.74, 6) is 1.74. The summed E-state index contributed by atoms with van der Waals surface area (Å²) in [6, 6.07) is 6.41. The maximum absolute atomic E-state index is 6.24. The largest absolute Gasteiger partial charge is 0.310 e. The molecule has 1 aliphatic rings. The van der Waals surface area contributed by atoms with Crippen molar-refractivity contribution in [2.45, 2.75) is 32.7 Å². The SMILES string of the molecule is CC(NCC(C)C1CC1)c1ccc(Br)cc1Cl. The summed E-state index contributed by atoms with van der Waals surface area (Å²) in [6.45, 7) is 5.59. The van der Waals surface area contributed by atoms with Crippen LogP contribution in [0.2, 0.25) is 5.02 Å². The quantitative estimate of drug-likeness (QED) is 0.823. The normalized spacial score (nSPS) is 19.1. The Morgan fingerprint density at radius 3 is 2.71 bits per heavy atom. The van der Waals surface area contributed by atoms with E-state index in [0.29, 0.717) is 6.04 Å². The van der Waals surface area contributed by atoms with Gasteiger partial charge in [0.2, 0.25) is 0 Å². The van der Waals surface area contributed by atoms with Crippen LogP contribution in [-0.4, -0.2) is 6.54 Å². The third-order valence-corrected chi connectivity index (χ3v) is 4.42. The highest BCUT2D eigenvalue weighted by Crippen LogP contribution is 2.36. The van der Waals surface area contributed by atoms with Gasteiger partial charge in [-0.3, -0.25) is 0 Å². The van der Waals surface area contributed by atoms with Gasteiger partial charge >= 0.3 is 0 Å². The first-order valence-corrected chi connectivity index (χ1v) is 7.43. The summed E-state index contributed by atoms with van der Waals surface area (Å²) in [5, 5.41) is 4.41. The number of rotatable bonds is 5. The molecular formula is C14H19BrClN. The Balaban J connectivity index is 1.91. The minimum atomic E-state index is 0.316. The third-order valence-electron chi connectivity index (χ3n) is 3.60. The third kappa shape index (κ3) is 3.70. The standard InChI is InChI=1S/C14H19BrClN/c1-9(11-3-4-11)8-17-10(2)13-6-5-12(15)7-14(13)16/h5-7,9-11,17H,3-4,8H2,1-2H3. The minimum absolute atomic E-state index is 0.316. The zero-order valence-corrected chi connectivity index (χ0v) is 12.7. The van der Waals surface area contributed by atoms with E-state index >= 15 is 0 Å². The van der Waals surface area contributed by atoms with Crippen LogP contribution in [0.5, 0.6) is 0 Å². The van der Waals surface area contributed by atoms with E-state index in [4.69, 9.17) is 11.6 Å². The summed E-state index contributed by atoms with van der Waals surface area (Å²) in [5.41, 5.74) is 1.18. The summed E-state index contributed by atoms with van der Waals surface area (Å²) >= 11 is 9.67. The van der Waals surface area contributed by atoms with Crippen LogP contribution in [0.4, 0.5) is 0 Å². The van der Waals surface area contributed by atoms with E-state index in [2.05, 4.69) is 41.2 Å². The molecule has 2 unspecified atom stereocenters. The molecule has 94 valence electrons. The second-order valence-corrected chi connectivity index (χ2v) is 6.43. The van der Waals surface area contributed by atoms with E-state index in [1.165, 1.54) is 18.4 Å². The van der Waals surface area contributed by atoms with Crippen LogP contribution in [0, 0.1) is 11.8 Å². The van der Waals surface area contributed by atoms with Crippen LogP contribution < -0.4 is 5.32 Å². The van der Waals surface area contributed by atoms with E-state index in [1.54, 1.807) is 0 Å². The van der Waals surface area contributed by atoms with Gasteiger partial charge in [-0.05, 0) is 55.8 Å². The van der Waals surface area contributed by atoms with Gasteiger partial charge in [-0.15, -0.1) is 0 Å². The molecule has 1 nitrogen and oxygen atoms in total. The molecular weight excluding hydrogens is 298 g/mol. The predicted molar refractivity (Wildman–Crippen MR) is 77.5 cm³/mol. The van der Waals surface area contributed by atoms with Crippen molar-refractivity contribution in [3.05, 3.63) is 33.3 Å². The first-order valence-electron chi connectivity index (χ1n) is 6.26. The van der Waals surface area contributed by atoms with Crippen molar-refractivity contribution >= 4 is 27.5 Å². The Hall–Kier alpha value is -0.0500. The van der Waals surface area contributed by atoms with E-state index in [0.717, 1.165) is 27.9 Å². The van der Waals surface area contributed by atoms with Gasteiger partial charge in [-0.25, -0.2) is 0 Å². The van der Waals surface area contributed by atoms with Crippen molar-refractivity contribution in [3.8, 4) is 0 Å². The lowest BCUT2D eigenvalue weighted by Gasteiger charge is -2.19. The van der Waals surface area contributed by atoms with Crippen molar-refractivity contribution in [1.29, 1.82) is 0 Å². The van der Waals surface area contributed by atoms with Gasteiger partial charge in [-0.2, -0.15) is 0 Å². The Labute approximate surface area is 117 Å². The molecule has 2 rings (SSSR count). The van der Waals surface area contributed by atoms with Crippen LogP contribution in [0.25, 0.3) is 0 Å². The predicted octanol–water partition coefficient (Wildman–Crippen LogP) is 4.80. The van der Waals surface area contributed by atoms with Crippen molar-refractivity contribution in [1.82, 2.24) is 5.32 Å². The van der Waals surface area contributed by atoms with Crippen LogP contribution in [-0.2, 0) is 0 Å². The lowest BCUT2D eigenvalue weighted by atomic mass is 10.0. The second kappa shape index (κ2) is 5.73. The molecule has 0 radical (unpaired) electrons. The molecule has 0 saturated heterocycles. The van der Waals surface area contributed by atoms with Gasteiger partial charge in [-0.1, -0.05) is 40.5 Å². The molecule has 0 aromatic heterocycles. The monoisotopic (exact) mass is 315 g/mol. The Morgan fingerprint density at radius 1 is 1.41 bits per heavy atom. The van der Waals surface area contributed by atoms with Crippen LogP contribution in [0.3, 0.4) is 0 Å². The molecule has 3 heteroatoms. The van der Waals surface area contributed by atoms with Crippen LogP contribution in [0.1, 0.15) is 38.3 Å². The zero-order valence-electron chi connectivity index (χ0n) is 10.3. The highest BCUT2D eigenvalue weighted by atomic mass is 79.9. The number of nitrogens with one attached hydrogen (secondary N) is 1. The van der Waals surface area contributed by atoms with Crippen molar-refractivity contribution in [2.24, 2.45) is 11.8 Å². The molecule has 2 atom stereocenters. The van der Waals surface area contributed by atoms with Gasteiger partial charge in [0, 0.05) is 15.5 Å². The molecule has 1 aromatic rings. The lowest BCUT2D eigenvalue weighted by molar-refractivity contribution is 0.432. The summed E-state index contributed by atoms with van der Waals surface area (Å²) < 4.78 is 1.03. The van der Waals surface area contributed by atoms with Crippen LogP contribution in [0.15, 0.2) is 22.7 Å². The second-order valence-electron chi connectivity index (χ2n) is 5.11. The van der Waals surface area contributed by atoms with E-state index < -0.39 is 0 Å². The maximum Gasteiger partial charge on any atom is 0.0464 e. The first kappa shape index (κ1) is 13.4. The molecule has 0 heterocycles. The van der Waals surface area contributed by atoms with Gasteiger partial charge in [0.05, 0.1) is 0 Å². The minimum Gasteiger partial charge on any atom is -0.310 e. The van der Waals surface area contributed by atoms with Crippen LogP contribution >= 0.6 is 27.5 Å². The fourth-order valence-electron chi connectivity index (χ4n) is 2.16. The maximum atomic E-state index is 6.24. The molecule has 17 heavy (non-hydrogen) atoms. The van der Waals surface area contributed by atoms with E-state index in [9.17, 15) is 0 Å². The molecule has 1 aliphatic carbocycles. The smallest absolute Gasteiger partial charge is 0.0464 e. The van der Waals surface area contributed by atoms with Crippen molar-refractivity contribution < 1.29 is 0 Å². The van der Waals surface area contributed by atoms with Crippen molar-refractivity contribution in [3.63, 3.8) is 0 Å². The van der Waals surface area contributed by atoms with E-state index in [1.807, 2.05) is 12.1 Å². The Kier molecular flexibility index (Phi) is 4.51. The topological polar surface area (TPSA) is 12.0 Å². The lowest BCUT2D eigenvalue weighted by Crippen LogP contribution is -2.25. The van der Waals surface area contributed by atoms with Gasteiger partial charge in [0.25, 0.3) is 0 Å². The molecule has 1 saturated carbocycles. The van der Waals surface area contributed by atoms with E-state index in [-0.39, 0.29) is 0 Å². The molecule has 1 aromatic carbocycles. The number of halogens is 2. The average molecular weight is 317 g/mol. The molecule has 0 spiro atoms. The number of benzene rings is 1. The Morgan fingerprint density at radius 2 is 2.12 bits per heavy atom. The molecule has 1 fully saturated rings. The summed E-state index contributed by atoms with van der Waals surface area (Å²) in [4.78, 5) is 0. The molecule has 1 N–H and O–H groups in total. The zero-order chi connectivity index (χ0) is 12.4. The summed E-state index contributed by atoms with van der Waals surface area (Å²) in [7, 11) is 0. The summed E-state index contributed by atoms with van der Waals surface area (Å²) in [6.07, 6.45) is 2.83. The fraction of sp³-hybridized carbons (Fsp3) is 0.571. The van der Waals surface area contributed by atoms with Gasteiger partial charge < -0.3 is 5.32 Å². The first-order chi connectivity index (χ1) is 8.08. The molecule has 0 aliphatic heterocycles.